The van der Waals surface area contributed by atoms with Crippen molar-refractivity contribution in [1.29, 1.82) is 0 Å². The molecular formula is C20H30O2. The van der Waals surface area contributed by atoms with E-state index in [0.717, 1.165) is 37.7 Å². The first kappa shape index (κ1) is 17.2. The second-order valence-electron chi connectivity index (χ2n) is 7.38. The lowest BCUT2D eigenvalue weighted by Crippen LogP contribution is -2.21. The van der Waals surface area contributed by atoms with Gasteiger partial charge in [-0.15, -0.1) is 0 Å². The fourth-order valence-electron chi connectivity index (χ4n) is 3.35. The highest BCUT2D eigenvalue weighted by Gasteiger charge is 2.52. The van der Waals surface area contributed by atoms with Gasteiger partial charge >= 0.3 is 0 Å². The van der Waals surface area contributed by atoms with E-state index in [-0.39, 0.29) is 17.6 Å². The van der Waals surface area contributed by atoms with Gasteiger partial charge in [0.2, 0.25) is 0 Å². The Labute approximate surface area is 135 Å². The van der Waals surface area contributed by atoms with Crippen molar-refractivity contribution in [1.82, 2.24) is 0 Å². The predicted octanol–water partition coefficient (Wildman–Crippen LogP) is 5.15. The number of hydrogen-bond donors (Lipinski definition) is 0. The Morgan fingerprint density at radius 2 is 1.95 bits per heavy atom. The van der Waals surface area contributed by atoms with Crippen LogP contribution in [-0.4, -0.2) is 17.5 Å². The van der Waals surface area contributed by atoms with Crippen molar-refractivity contribution in [2.45, 2.75) is 77.9 Å². The van der Waals surface area contributed by atoms with Crippen molar-refractivity contribution < 1.29 is 9.53 Å². The summed E-state index contributed by atoms with van der Waals surface area (Å²) in [5.74, 6) is 0.235. The van der Waals surface area contributed by atoms with Gasteiger partial charge in [0.25, 0.3) is 0 Å². The molecule has 1 saturated heterocycles. The Morgan fingerprint density at radius 1 is 1.27 bits per heavy atom. The summed E-state index contributed by atoms with van der Waals surface area (Å²) < 4.78 is 5.93. The number of carbonyl (C=O) groups is 1. The number of hydrogen-bond acceptors (Lipinski definition) is 2. The normalized spacial score (nSPS) is 38.8. The van der Waals surface area contributed by atoms with Crippen LogP contribution < -0.4 is 0 Å². The van der Waals surface area contributed by atoms with Crippen molar-refractivity contribution in [3.63, 3.8) is 0 Å². The maximum atomic E-state index is 12.6. The van der Waals surface area contributed by atoms with E-state index in [1.54, 1.807) is 0 Å². The van der Waals surface area contributed by atoms with Crippen LogP contribution in [0.2, 0.25) is 0 Å². The Balaban J connectivity index is 2.14. The molecule has 0 spiro atoms. The topological polar surface area (TPSA) is 29.6 Å². The Morgan fingerprint density at radius 3 is 2.64 bits per heavy atom. The van der Waals surface area contributed by atoms with Gasteiger partial charge in [-0.25, -0.2) is 0 Å². The molecule has 2 aliphatic rings. The molecule has 1 aliphatic carbocycles. The summed E-state index contributed by atoms with van der Waals surface area (Å²) in [4.78, 5) is 12.6. The van der Waals surface area contributed by atoms with Gasteiger partial charge in [0.05, 0.1) is 11.7 Å². The molecule has 0 saturated carbocycles. The van der Waals surface area contributed by atoms with Crippen molar-refractivity contribution in [3.05, 3.63) is 35.5 Å². The van der Waals surface area contributed by atoms with E-state index < -0.39 is 0 Å². The van der Waals surface area contributed by atoms with Crippen LogP contribution >= 0.6 is 0 Å². The van der Waals surface area contributed by atoms with Gasteiger partial charge in [-0.3, -0.25) is 4.79 Å². The molecule has 2 rings (SSSR count). The Hall–Kier alpha value is -1.15. The maximum absolute atomic E-state index is 12.6. The molecule has 1 heterocycles. The molecule has 0 aromatic carbocycles. The molecule has 0 unspecified atom stereocenters. The van der Waals surface area contributed by atoms with Gasteiger partial charge in [0.15, 0.2) is 0 Å². The minimum absolute atomic E-state index is 0.0419. The molecule has 1 aliphatic heterocycles. The second-order valence-corrected chi connectivity index (χ2v) is 7.38. The standard InChI is InChI=1S/C20H30O2/c1-14(2)17-13-19-20(5,22-19)11-7-10-15(3)8-6-9-16(4)12-18(17)21/h9-10,17,19H,1,6-8,11-13H2,2-5H3/b15-10+,16-9+/t17-,19-,20-/m1/s1. The number of ether oxygens (including phenoxy) is 1. The maximum Gasteiger partial charge on any atom is 0.144 e. The third-order valence-electron chi connectivity index (χ3n) is 5.09. The van der Waals surface area contributed by atoms with Crippen molar-refractivity contribution >= 4 is 5.78 Å². The minimum atomic E-state index is -0.0598. The van der Waals surface area contributed by atoms with Crippen LogP contribution in [0.3, 0.4) is 0 Å². The average Bonchev–Trinajstić information content (AvgIpc) is 3.05. The van der Waals surface area contributed by atoms with Gasteiger partial charge in [-0.2, -0.15) is 0 Å². The van der Waals surface area contributed by atoms with Crippen LogP contribution in [0, 0.1) is 5.92 Å². The molecule has 3 atom stereocenters. The fourth-order valence-corrected chi connectivity index (χ4v) is 3.35. The number of epoxide rings is 1. The highest BCUT2D eigenvalue weighted by atomic mass is 16.6. The second kappa shape index (κ2) is 6.95. The molecule has 122 valence electrons. The molecule has 0 N–H and O–H groups in total. The first-order valence-electron chi connectivity index (χ1n) is 8.49. The molecule has 2 heteroatoms. The molecule has 0 aromatic rings. The predicted molar refractivity (Wildman–Crippen MR) is 91.8 cm³/mol. The van der Waals surface area contributed by atoms with E-state index in [0.29, 0.717) is 12.2 Å². The zero-order chi connectivity index (χ0) is 16.3. The quantitative estimate of drug-likeness (QED) is 0.495. The van der Waals surface area contributed by atoms with Crippen LogP contribution in [0.5, 0.6) is 0 Å². The number of ketones is 1. The van der Waals surface area contributed by atoms with Gasteiger partial charge in [-0.1, -0.05) is 35.5 Å². The summed E-state index contributed by atoms with van der Waals surface area (Å²) in [5, 5.41) is 0. The first-order chi connectivity index (χ1) is 10.3. The number of Topliss-reactive ketones (excluding diaryl/α,β-unsaturated/α-hetero) is 1. The summed E-state index contributed by atoms with van der Waals surface area (Å²) >= 11 is 0. The third kappa shape index (κ3) is 4.42. The summed E-state index contributed by atoms with van der Waals surface area (Å²) in [7, 11) is 0. The Bertz CT molecular complexity index is 512. The van der Waals surface area contributed by atoms with Gasteiger partial charge in [-0.05, 0) is 59.8 Å². The number of allylic oxidation sites excluding steroid dienone is 5. The monoisotopic (exact) mass is 302 g/mol. The van der Waals surface area contributed by atoms with E-state index >= 15 is 0 Å². The highest BCUT2D eigenvalue weighted by Crippen LogP contribution is 2.45. The largest absolute Gasteiger partial charge is 0.366 e. The molecule has 1 fully saturated rings. The molecule has 0 amide bonds. The van der Waals surface area contributed by atoms with Crippen LogP contribution in [0.25, 0.3) is 0 Å². The van der Waals surface area contributed by atoms with Gasteiger partial charge in [0.1, 0.15) is 5.78 Å². The van der Waals surface area contributed by atoms with E-state index in [1.807, 2.05) is 6.92 Å². The zero-order valence-electron chi connectivity index (χ0n) is 14.6. The molecule has 0 aromatic heterocycles. The summed E-state index contributed by atoms with van der Waals surface area (Å²) in [6, 6.07) is 0. The average molecular weight is 302 g/mol. The van der Waals surface area contributed by atoms with E-state index in [1.165, 1.54) is 11.1 Å². The van der Waals surface area contributed by atoms with E-state index in [9.17, 15) is 4.79 Å². The fraction of sp³-hybridized carbons (Fsp3) is 0.650. The summed E-state index contributed by atoms with van der Waals surface area (Å²) in [5.41, 5.74) is 3.55. The summed E-state index contributed by atoms with van der Waals surface area (Å²) in [6.07, 6.45) is 10.3. The highest BCUT2D eigenvalue weighted by molar-refractivity contribution is 5.85. The lowest BCUT2D eigenvalue weighted by molar-refractivity contribution is -0.121. The number of carbonyl (C=O) groups excluding carboxylic acids is 1. The van der Waals surface area contributed by atoms with Crippen LogP contribution in [0.1, 0.15) is 66.2 Å². The van der Waals surface area contributed by atoms with Crippen molar-refractivity contribution in [2.75, 3.05) is 0 Å². The van der Waals surface area contributed by atoms with Crippen LogP contribution in [0.15, 0.2) is 35.5 Å². The van der Waals surface area contributed by atoms with Crippen molar-refractivity contribution in [3.8, 4) is 0 Å². The molecule has 0 radical (unpaired) electrons. The molecular weight excluding hydrogens is 272 g/mol. The number of fused-ring (bicyclic) bond motifs is 1. The Kier molecular flexibility index (Phi) is 5.44. The van der Waals surface area contributed by atoms with Gasteiger partial charge in [0, 0.05) is 12.3 Å². The van der Waals surface area contributed by atoms with Crippen molar-refractivity contribution in [2.24, 2.45) is 5.92 Å². The van der Waals surface area contributed by atoms with Gasteiger partial charge < -0.3 is 4.74 Å². The van der Waals surface area contributed by atoms with Crippen LogP contribution in [-0.2, 0) is 9.53 Å². The minimum Gasteiger partial charge on any atom is -0.366 e. The SMILES string of the molecule is C=C(C)[C@H]1C[C@H]2O[C@]2(C)CC/C=C(\C)CC/C=C(\C)CC1=O. The smallest absolute Gasteiger partial charge is 0.144 e. The zero-order valence-corrected chi connectivity index (χ0v) is 14.6. The summed E-state index contributed by atoms with van der Waals surface area (Å²) in [6.45, 7) is 12.4. The third-order valence-corrected chi connectivity index (χ3v) is 5.09. The molecule has 2 nitrogen and oxygen atoms in total. The van der Waals surface area contributed by atoms with E-state index in [2.05, 4.69) is 39.5 Å². The van der Waals surface area contributed by atoms with Crippen LogP contribution in [0.4, 0.5) is 0 Å². The first-order valence-corrected chi connectivity index (χ1v) is 8.49. The number of rotatable bonds is 1. The lowest BCUT2D eigenvalue weighted by Gasteiger charge is -2.16. The molecule has 0 bridgehead atoms. The molecule has 22 heavy (non-hydrogen) atoms. The van der Waals surface area contributed by atoms with E-state index in [4.69, 9.17) is 4.74 Å². The lowest BCUT2D eigenvalue weighted by atomic mass is 9.85.